The van der Waals surface area contributed by atoms with Crippen LogP contribution in [0.5, 0.6) is 23.0 Å². The molecule has 6 aromatic heterocycles. The van der Waals surface area contributed by atoms with E-state index in [1.54, 1.807) is 0 Å². The smallest absolute Gasteiger partial charge is 0.161 e. The zero-order valence-corrected chi connectivity index (χ0v) is 91.5. The van der Waals surface area contributed by atoms with Crippen LogP contribution in [0.1, 0.15) is 387 Å². The maximum atomic E-state index is 11.3. The second-order valence-corrected chi connectivity index (χ2v) is 44.9. The van der Waals surface area contributed by atoms with Crippen molar-refractivity contribution in [3.63, 3.8) is 0 Å². The molecule has 0 aliphatic heterocycles. The molecule has 8 unspecified atom stereocenters. The van der Waals surface area contributed by atoms with Gasteiger partial charge in [-0.05, 0) is 187 Å². The topological polar surface area (TPSA) is 88.5 Å². The number of hydrogen-bond donors (Lipinski definition) is 0. The molecule has 8 nitrogen and oxygen atoms in total. The number of aryl methyl sites for hydroxylation is 4. The summed E-state index contributed by atoms with van der Waals surface area (Å²) in [6, 6.07) is 36.4. The normalized spacial score (nSPS) is 13.5. The zero-order valence-electron chi connectivity index (χ0n) is 86.9. The number of rotatable bonds is 68. The molecule has 22 heteroatoms. The first-order chi connectivity index (χ1) is 65.8. The SMILES string of the molecule is CCCCCCCCC(CCCCCC)COc1cc(-c2ccc(-c3ccc(C)c4nsnc34)s2)c(OCC(CCCCCC)CCCCCCCC)cc1-c1ccc(C)s1.CCCCCCCCC(CCCCCC)COc1cc(-c2ccc(-c3ccc(C)c4nsnc34)s2)c(OCC(CCCCCC)CCCCCCCC)cc1-c1ccc(C)s1.CF.[2H]P([3H])P([B])F.[2H]P([3H])P[B].[3HH].[3HH]. The lowest BCUT2D eigenvalue weighted by molar-refractivity contribution is 0.220. The molecule has 4 radical (unpaired) electrons. The molecular weight excluding hydrogens is 1810 g/mol. The molecule has 728 valence electrons. The van der Waals surface area contributed by atoms with E-state index in [0.29, 0.717) is 30.8 Å². The first-order valence-electron chi connectivity index (χ1n) is 52.9. The van der Waals surface area contributed by atoms with Crippen molar-refractivity contribution in [2.75, 3.05) is 33.6 Å². The lowest BCUT2D eigenvalue weighted by Crippen LogP contribution is -2.14. The standard InChI is InChI=1S/2C54H80N2O2S3.CH3F.BFH2P2.BH3P2.2H2/c2*1-7-11-15-19-21-25-29-43(27-23-17-13-9-3)39-57-48-38-47(52-36-35-50(60-52)45-33-31-41(5)53-54(45)56-61-55-53)49(37-46(48)51-34-32-42(6)59-51)58-40-44(28-24-18-14-10-4)30-26-22-20-16-12-8-2;1-2;1-4(2)3;1-3-2;;/h2*31-38,43-44H,7-30,39-40H2,1-6H3;1H3;3H2;3H,2H2;2*1H/i;;;3TD;2TD;2*1+2. The highest BCUT2D eigenvalue weighted by Gasteiger charge is 2.26. The zero-order chi connectivity index (χ0) is 97.6. The first kappa shape index (κ1) is 109. The quantitative estimate of drug-likeness (QED) is 0.0212. The highest BCUT2D eigenvalue weighted by atomic mass is 32.1. The lowest BCUT2D eigenvalue weighted by atomic mass is 9.94. The van der Waals surface area contributed by atoms with Gasteiger partial charge in [-0.15, -0.1) is 54.2 Å². The van der Waals surface area contributed by atoms with E-state index in [1.807, 2.05) is 45.3 Å². The summed E-state index contributed by atoms with van der Waals surface area (Å²) in [5, 5.41) is 0. The molecule has 0 amide bonds. The molecule has 0 saturated carbocycles. The molecule has 131 heavy (non-hydrogen) atoms. The minimum absolute atomic E-state index is 0. The molecular formula is C109H172B2F2N4O4P4S6. The maximum absolute atomic E-state index is 11.3. The van der Waals surface area contributed by atoms with Crippen molar-refractivity contribution in [3.8, 4) is 85.6 Å². The fourth-order valence-corrected chi connectivity index (χ4v) is 22.6. The second kappa shape index (κ2) is 71.6. The number of alkyl halides is 1. The third-order valence-electron chi connectivity index (χ3n) is 25.3. The number of ether oxygens (including phenoxy) is 4. The van der Waals surface area contributed by atoms with Crippen LogP contribution in [0, 0.1) is 51.4 Å². The van der Waals surface area contributed by atoms with Crippen LogP contribution < -0.4 is 18.9 Å². The van der Waals surface area contributed by atoms with Gasteiger partial charge in [-0.3, -0.25) is 4.39 Å². The summed E-state index contributed by atoms with van der Waals surface area (Å²) in [6.45, 7) is 30.2. The van der Waals surface area contributed by atoms with E-state index in [1.165, 1.54) is 393 Å². The summed E-state index contributed by atoms with van der Waals surface area (Å²) in [5.74, 6) is 6.21. The molecule has 6 heterocycles. The van der Waals surface area contributed by atoms with Gasteiger partial charge in [0.15, 0.2) is 7.57 Å². The van der Waals surface area contributed by atoms with E-state index in [9.17, 15) is 8.59 Å². The Kier molecular flexibility index (Phi) is 59.7. The van der Waals surface area contributed by atoms with Crippen molar-refractivity contribution in [2.45, 2.75) is 391 Å². The maximum Gasteiger partial charge on any atom is 0.161 e. The van der Waals surface area contributed by atoms with Crippen LogP contribution in [-0.4, -0.2) is 71.3 Å². The molecule has 8 atom stereocenters. The number of hydrogen-bond acceptors (Lipinski definition) is 14. The fraction of sp³-hybridized carbons (Fsp3) is 0.633. The Bertz CT molecular complexity index is 4430. The third kappa shape index (κ3) is 44.1. The average Bonchev–Trinajstić information content (AvgIpc) is 1.68. The minimum atomic E-state index is -2.26. The van der Waals surface area contributed by atoms with E-state index >= 15 is 0 Å². The van der Waals surface area contributed by atoms with Crippen molar-refractivity contribution in [3.05, 3.63) is 118 Å². The highest BCUT2D eigenvalue weighted by molar-refractivity contribution is 8.23. The summed E-state index contributed by atoms with van der Waals surface area (Å²) >= 11 is 10.00. The van der Waals surface area contributed by atoms with Gasteiger partial charge < -0.3 is 18.9 Å². The van der Waals surface area contributed by atoms with Crippen LogP contribution in [0.2, 0.25) is 0 Å². The van der Waals surface area contributed by atoms with E-state index in [2.05, 4.69) is 196 Å². The molecule has 0 aliphatic carbocycles. The van der Waals surface area contributed by atoms with Gasteiger partial charge >= 0.3 is 0 Å². The van der Waals surface area contributed by atoms with Gasteiger partial charge in [-0.2, -0.15) is 25.6 Å². The number of aromatic nitrogens is 4. The van der Waals surface area contributed by atoms with Crippen molar-refractivity contribution >= 4 is 140 Å². The molecule has 0 bridgehead atoms. The summed E-state index contributed by atoms with van der Waals surface area (Å²) in [5.41, 5.74) is 13.3. The van der Waals surface area contributed by atoms with Crippen molar-refractivity contribution in [2.24, 2.45) is 23.7 Å². The van der Waals surface area contributed by atoms with Gasteiger partial charge in [0.2, 0.25) is 0 Å². The molecule has 0 N–H and O–H groups in total. The molecule has 0 aliphatic rings. The van der Waals surface area contributed by atoms with Crippen molar-refractivity contribution in [1.82, 2.24) is 17.5 Å². The Labute approximate surface area is 838 Å². The molecule has 0 saturated heterocycles. The van der Waals surface area contributed by atoms with Gasteiger partial charge in [-0.25, -0.2) is 4.20 Å². The molecule has 10 aromatic rings. The predicted octanol–water partition coefficient (Wildman–Crippen LogP) is 40.6. The van der Waals surface area contributed by atoms with Crippen molar-refractivity contribution in [1.29, 1.82) is 5.11 Å². The van der Waals surface area contributed by atoms with Crippen LogP contribution in [0.3, 0.4) is 0 Å². The first-order valence-corrected chi connectivity index (χ1v) is 60.6. The minimum Gasteiger partial charge on any atom is -0.493 e. The van der Waals surface area contributed by atoms with E-state index < -0.39 is 25.4 Å². The predicted molar refractivity (Wildman–Crippen MR) is 599 cm³/mol. The summed E-state index contributed by atoms with van der Waals surface area (Å²) in [6.07, 6.45) is 62.9. The number of benzene rings is 4. The number of fused-ring (bicyclic) bond motifs is 2. The molecule has 0 fully saturated rings. The Morgan fingerprint density at radius 2 is 0.550 bits per heavy atom. The monoisotopic (exact) mass is 1990 g/mol. The fourth-order valence-electron chi connectivity index (χ4n) is 17.5. The van der Waals surface area contributed by atoms with Gasteiger partial charge in [0.25, 0.3) is 0 Å². The molecule has 0 spiro atoms. The Morgan fingerprint density at radius 3 is 0.771 bits per heavy atom. The number of halogens is 2. The van der Waals surface area contributed by atoms with Gasteiger partial charge in [-0.1, -0.05) is 345 Å². The number of unbranched alkanes of at least 4 members (excludes halogenated alkanes) is 32. The largest absolute Gasteiger partial charge is 0.493 e. The van der Waals surface area contributed by atoms with Crippen LogP contribution in [0.15, 0.2) is 97.1 Å². The van der Waals surface area contributed by atoms with E-state index in [0.717, 1.165) is 93.7 Å². The molecule has 4 aromatic carbocycles. The van der Waals surface area contributed by atoms with Crippen LogP contribution in [0.4, 0.5) is 8.59 Å². The van der Waals surface area contributed by atoms with Gasteiger partial charge in [0, 0.05) is 83.1 Å². The Hall–Kier alpha value is -3.77. The highest BCUT2D eigenvalue weighted by Crippen LogP contribution is 2.50. The summed E-state index contributed by atoms with van der Waals surface area (Å²) in [7, 11) is 4.31. The average molecular weight is 1990 g/mol. The van der Waals surface area contributed by atoms with Crippen LogP contribution in [-0.2, 0) is 0 Å². The number of thiophene rings is 4. The van der Waals surface area contributed by atoms with Crippen LogP contribution >= 0.6 is 102 Å². The van der Waals surface area contributed by atoms with Crippen LogP contribution in [0.25, 0.3) is 84.7 Å². The Balaban J connectivity index is 0.000000500. The Morgan fingerprint density at radius 1 is 0.344 bits per heavy atom. The molecule has 10 rings (SSSR count). The van der Waals surface area contributed by atoms with E-state index in [4.69, 9.17) is 40.4 Å². The lowest BCUT2D eigenvalue weighted by Gasteiger charge is -2.22. The van der Waals surface area contributed by atoms with Gasteiger partial charge in [0.1, 0.15) is 52.6 Å². The number of nitrogens with zero attached hydrogens (tertiary/aromatic N) is 4. The summed E-state index contributed by atoms with van der Waals surface area (Å²) in [4.78, 5) is 9.99. The third-order valence-corrected chi connectivity index (χ3v) is 30.7. The summed E-state index contributed by atoms with van der Waals surface area (Å²) < 4.78 is 93.6. The van der Waals surface area contributed by atoms with Crippen molar-refractivity contribution < 1.29 is 30.4 Å². The second-order valence-electron chi connectivity index (χ2n) is 36.4. The van der Waals surface area contributed by atoms with Gasteiger partial charge in [0.05, 0.1) is 62.2 Å². The van der Waals surface area contributed by atoms with E-state index in [-0.39, 0.29) is 11.0 Å².